The number of rotatable bonds is 2. The van der Waals surface area contributed by atoms with Crippen molar-refractivity contribution in [1.29, 1.82) is 0 Å². The molecule has 2 aromatic rings. The monoisotopic (exact) mass is 380 g/mol. The summed E-state index contributed by atoms with van der Waals surface area (Å²) in [6.45, 7) is 4.77. The molecule has 20 heavy (non-hydrogen) atoms. The molecule has 0 saturated heterocycles. The highest BCUT2D eigenvalue weighted by molar-refractivity contribution is 14.1. The molecule has 3 unspecified atom stereocenters. The Labute approximate surface area is 134 Å². The number of benzene rings is 1. The Morgan fingerprint density at radius 2 is 1.85 bits per heavy atom. The number of hydrogen-bond acceptors (Lipinski definition) is 1. The Kier molecular flexibility index (Phi) is 4.15. The van der Waals surface area contributed by atoms with Gasteiger partial charge in [0.15, 0.2) is 0 Å². The summed E-state index contributed by atoms with van der Waals surface area (Å²) in [7, 11) is 0. The summed E-state index contributed by atoms with van der Waals surface area (Å²) in [4.78, 5) is 4.60. The third-order valence-electron chi connectivity index (χ3n) is 4.73. The van der Waals surface area contributed by atoms with Crippen molar-refractivity contribution in [2.75, 3.05) is 0 Å². The second kappa shape index (κ2) is 5.88. The van der Waals surface area contributed by atoms with Gasteiger partial charge in [-0.05, 0) is 65.8 Å². The third kappa shape index (κ3) is 2.78. The summed E-state index contributed by atoms with van der Waals surface area (Å²) in [5, 5.41) is 0. The molecule has 3 heteroatoms. The summed E-state index contributed by atoms with van der Waals surface area (Å²) in [5.74, 6) is 2.78. The molecule has 0 amide bonds. The van der Waals surface area contributed by atoms with E-state index < -0.39 is 0 Å². The van der Waals surface area contributed by atoms with Crippen LogP contribution in [0.15, 0.2) is 36.7 Å². The fraction of sp³-hybridized carbons (Fsp3) is 0.471. The molecule has 1 heterocycles. The maximum atomic E-state index is 4.60. The van der Waals surface area contributed by atoms with Gasteiger partial charge in [-0.25, -0.2) is 4.98 Å². The van der Waals surface area contributed by atoms with Crippen LogP contribution in [0.4, 0.5) is 0 Å². The average molecular weight is 380 g/mol. The lowest BCUT2D eigenvalue weighted by molar-refractivity contribution is 0.211. The van der Waals surface area contributed by atoms with E-state index in [4.69, 9.17) is 0 Å². The van der Waals surface area contributed by atoms with Crippen LogP contribution in [0.1, 0.15) is 39.2 Å². The molecular formula is C17H21IN2. The lowest BCUT2D eigenvalue weighted by atomic mass is 9.79. The Balaban J connectivity index is 1.88. The van der Waals surface area contributed by atoms with Gasteiger partial charge in [-0.2, -0.15) is 0 Å². The van der Waals surface area contributed by atoms with E-state index in [1.54, 1.807) is 0 Å². The summed E-state index contributed by atoms with van der Waals surface area (Å²) in [6, 6.07) is 9.27. The van der Waals surface area contributed by atoms with Gasteiger partial charge in [0.05, 0.1) is 0 Å². The number of imidazole rings is 1. The molecule has 2 nitrogen and oxygen atoms in total. The van der Waals surface area contributed by atoms with E-state index in [9.17, 15) is 0 Å². The zero-order chi connectivity index (χ0) is 14.1. The standard InChI is InChI=1S/C17H21IN2/c1-12-3-8-16(11-13(12)2)20-10-9-19-17(20)14-4-6-15(18)7-5-14/h4-7,9-10,12-13,16H,3,8,11H2,1-2H3. The number of hydrogen-bond donors (Lipinski definition) is 0. The molecule has 1 aliphatic carbocycles. The largest absolute Gasteiger partial charge is 0.328 e. The van der Waals surface area contributed by atoms with Gasteiger partial charge in [0.2, 0.25) is 0 Å². The van der Waals surface area contributed by atoms with Crippen molar-refractivity contribution in [3.05, 3.63) is 40.2 Å². The van der Waals surface area contributed by atoms with Crippen LogP contribution in [0.2, 0.25) is 0 Å². The van der Waals surface area contributed by atoms with E-state index >= 15 is 0 Å². The molecule has 1 fully saturated rings. The highest BCUT2D eigenvalue weighted by atomic mass is 127. The summed E-state index contributed by atoms with van der Waals surface area (Å²) in [6.07, 6.45) is 7.97. The molecule has 106 valence electrons. The van der Waals surface area contributed by atoms with E-state index in [1.165, 1.54) is 28.4 Å². The van der Waals surface area contributed by atoms with Gasteiger partial charge < -0.3 is 4.57 Å². The van der Waals surface area contributed by atoms with Crippen LogP contribution in [-0.4, -0.2) is 9.55 Å². The average Bonchev–Trinajstić information content (AvgIpc) is 2.92. The maximum Gasteiger partial charge on any atom is 0.140 e. The van der Waals surface area contributed by atoms with Gasteiger partial charge in [-0.3, -0.25) is 0 Å². The minimum atomic E-state index is 0.609. The smallest absolute Gasteiger partial charge is 0.140 e. The van der Waals surface area contributed by atoms with Crippen LogP contribution in [0.25, 0.3) is 11.4 Å². The number of aromatic nitrogens is 2. The van der Waals surface area contributed by atoms with Crippen LogP contribution >= 0.6 is 22.6 Å². The first-order valence-electron chi connectivity index (χ1n) is 7.44. The summed E-state index contributed by atoms with van der Waals surface area (Å²) < 4.78 is 3.66. The first-order valence-corrected chi connectivity index (χ1v) is 8.52. The molecule has 1 aromatic carbocycles. The van der Waals surface area contributed by atoms with Crippen LogP contribution in [0, 0.1) is 15.4 Å². The van der Waals surface area contributed by atoms with Gasteiger partial charge in [0, 0.05) is 27.6 Å². The highest BCUT2D eigenvalue weighted by Crippen LogP contribution is 2.37. The molecule has 0 bridgehead atoms. The normalized spacial score (nSPS) is 26.6. The topological polar surface area (TPSA) is 17.8 Å². The fourth-order valence-corrected chi connectivity index (χ4v) is 3.56. The highest BCUT2D eigenvalue weighted by Gasteiger charge is 2.26. The predicted molar refractivity (Wildman–Crippen MR) is 91.6 cm³/mol. The quantitative estimate of drug-likeness (QED) is 0.659. The molecule has 0 aliphatic heterocycles. The lowest BCUT2D eigenvalue weighted by Gasteiger charge is -2.33. The Morgan fingerprint density at radius 1 is 1.10 bits per heavy atom. The third-order valence-corrected chi connectivity index (χ3v) is 5.45. The number of nitrogens with zero attached hydrogens (tertiary/aromatic N) is 2. The van der Waals surface area contributed by atoms with Crippen LogP contribution in [0.3, 0.4) is 0 Å². The Morgan fingerprint density at radius 3 is 2.55 bits per heavy atom. The first kappa shape index (κ1) is 14.1. The van der Waals surface area contributed by atoms with E-state index in [0.717, 1.165) is 17.7 Å². The van der Waals surface area contributed by atoms with Gasteiger partial charge in [-0.15, -0.1) is 0 Å². The van der Waals surface area contributed by atoms with Crippen molar-refractivity contribution in [2.24, 2.45) is 11.8 Å². The van der Waals surface area contributed by atoms with Gasteiger partial charge in [-0.1, -0.05) is 26.0 Å². The molecule has 0 spiro atoms. The van der Waals surface area contributed by atoms with E-state index in [0.29, 0.717) is 6.04 Å². The lowest BCUT2D eigenvalue weighted by Crippen LogP contribution is -2.23. The maximum absolute atomic E-state index is 4.60. The van der Waals surface area contributed by atoms with Crippen molar-refractivity contribution < 1.29 is 0 Å². The van der Waals surface area contributed by atoms with E-state index in [2.05, 4.69) is 76.5 Å². The van der Waals surface area contributed by atoms with Crippen molar-refractivity contribution in [1.82, 2.24) is 9.55 Å². The second-order valence-corrected chi connectivity index (χ2v) is 7.33. The Bertz CT molecular complexity index is 573. The second-order valence-electron chi connectivity index (χ2n) is 6.09. The van der Waals surface area contributed by atoms with Gasteiger partial charge >= 0.3 is 0 Å². The van der Waals surface area contributed by atoms with E-state index in [-0.39, 0.29) is 0 Å². The van der Waals surface area contributed by atoms with Crippen LogP contribution in [-0.2, 0) is 0 Å². The summed E-state index contributed by atoms with van der Waals surface area (Å²) >= 11 is 2.34. The molecule has 3 rings (SSSR count). The first-order chi connectivity index (χ1) is 9.65. The van der Waals surface area contributed by atoms with Crippen molar-refractivity contribution in [3.8, 4) is 11.4 Å². The zero-order valence-electron chi connectivity index (χ0n) is 12.1. The van der Waals surface area contributed by atoms with Crippen molar-refractivity contribution in [3.63, 3.8) is 0 Å². The van der Waals surface area contributed by atoms with Gasteiger partial charge in [0.25, 0.3) is 0 Å². The molecule has 3 atom stereocenters. The van der Waals surface area contributed by atoms with Crippen LogP contribution in [0.5, 0.6) is 0 Å². The fourth-order valence-electron chi connectivity index (χ4n) is 3.20. The Hall–Kier alpha value is -0.840. The van der Waals surface area contributed by atoms with Crippen molar-refractivity contribution in [2.45, 2.75) is 39.2 Å². The molecule has 1 aliphatic rings. The zero-order valence-corrected chi connectivity index (χ0v) is 14.2. The minimum absolute atomic E-state index is 0.609. The molecule has 0 radical (unpaired) electrons. The van der Waals surface area contributed by atoms with Crippen molar-refractivity contribution >= 4 is 22.6 Å². The molecule has 1 aromatic heterocycles. The van der Waals surface area contributed by atoms with E-state index in [1.807, 2.05) is 6.20 Å². The van der Waals surface area contributed by atoms with Crippen LogP contribution < -0.4 is 0 Å². The minimum Gasteiger partial charge on any atom is -0.328 e. The SMILES string of the molecule is CC1CCC(n2ccnc2-c2ccc(I)cc2)CC1C. The molecule has 1 saturated carbocycles. The summed E-state index contributed by atoms with van der Waals surface area (Å²) in [5.41, 5.74) is 1.22. The predicted octanol–water partition coefficient (Wildman–Crippen LogP) is 5.15. The number of halogens is 1. The molecule has 0 N–H and O–H groups in total. The van der Waals surface area contributed by atoms with Gasteiger partial charge in [0.1, 0.15) is 5.82 Å². The molecular weight excluding hydrogens is 359 g/mol.